The molecule has 0 spiro atoms. The van der Waals surface area contributed by atoms with Crippen LogP contribution >= 0.6 is 0 Å². The van der Waals surface area contributed by atoms with Gasteiger partial charge >= 0.3 is 6.36 Å². The van der Waals surface area contributed by atoms with Crippen molar-refractivity contribution in [1.82, 2.24) is 20.2 Å². The monoisotopic (exact) mass is 273 g/mol. The number of hydrogen-bond donors (Lipinski definition) is 1. The molecule has 0 saturated heterocycles. The minimum atomic E-state index is -4.70. The van der Waals surface area contributed by atoms with Crippen molar-refractivity contribution >= 4 is 5.95 Å². The number of rotatable bonds is 4. The van der Waals surface area contributed by atoms with E-state index in [9.17, 15) is 13.2 Å². The van der Waals surface area contributed by atoms with Crippen LogP contribution in [0.2, 0.25) is 0 Å². The van der Waals surface area contributed by atoms with E-state index in [1.54, 1.807) is 13.1 Å². The average Bonchev–Trinajstić information content (AvgIpc) is 2.71. The summed E-state index contributed by atoms with van der Waals surface area (Å²) in [6.07, 6.45) is -4.70. The first-order valence-electron chi connectivity index (χ1n) is 5.25. The third-order valence-electron chi connectivity index (χ3n) is 2.09. The second kappa shape index (κ2) is 5.12. The summed E-state index contributed by atoms with van der Waals surface area (Å²) in [5.74, 6) is 0.0311. The summed E-state index contributed by atoms with van der Waals surface area (Å²) in [7, 11) is 1.61. The smallest absolute Gasteiger partial charge is 0.406 e. The maximum atomic E-state index is 12.1. The van der Waals surface area contributed by atoms with Crippen LogP contribution in [0.4, 0.5) is 19.1 Å². The van der Waals surface area contributed by atoms with E-state index in [1.165, 1.54) is 23.0 Å². The van der Waals surface area contributed by atoms with Gasteiger partial charge in [-0.05, 0) is 22.9 Å². The molecule has 1 N–H and O–H groups in total. The summed E-state index contributed by atoms with van der Waals surface area (Å²) >= 11 is 0. The Labute approximate surface area is 106 Å². The zero-order chi connectivity index (χ0) is 13.9. The van der Waals surface area contributed by atoms with Crippen LogP contribution < -0.4 is 10.1 Å². The van der Waals surface area contributed by atoms with E-state index in [2.05, 4.69) is 25.5 Å². The average molecular weight is 273 g/mol. The first kappa shape index (κ1) is 13.1. The second-order valence-corrected chi connectivity index (χ2v) is 3.65. The minimum absolute atomic E-state index is 0.265. The molecule has 0 radical (unpaired) electrons. The highest BCUT2D eigenvalue weighted by molar-refractivity contribution is 5.31. The van der Waals surface area contributed by atoms with Crippen LogP contribution in [0.3, 0.4) is 0 Å². The Hall–Kier alpha value is -2.32. The van der Waals surface area contributed by atoms with Crippen LogP contribution in [0.5, 0.6) is 5.75 Å². The van der Waals surface area contributed by atoms with Crippen molar-refractivity contribution in [2.45, 2.75) is 12.9 Å². The molecule has 0 fully saturated rings. The number of anilines is 1. The quantitative estimate of drug-likeness (QED) is 0.918. The Bertz CT molecular complexity index is 554. The molecule has 0 aliphatic rings. The van der Waals surface area contributed by atoms with Gasteiger partial charge in [0.1, 0.15) is 5.75 Å². The SMILES string of the molecule is Cn1nnc(NCc2cccc(OC(F)(F)F)c2)n1. The molecule has 9 heteroatoms. The van der Waals surface area contributed by atoms with Gasteiger partial charge in [0, 0.05) is 6.54 Å². The molecule has 2 aromatic rings. The van der Waals surface area contributed by atoms with Gasteiger partial charge in [-0.3, -0.25) is 0 Å². The summed E-state index contributed by atoms with van der Waals surface area (Å²) in [4.78, 5) is 1.27. The number of nitrogens with one attached hydrogen (secondary N) is 1. The van der Waals surface area contributed by atoms with Gasteiger partial charge in [0.2, 0.25) is 0 Å². The largest absolute Gasteiger partial charge is 0.573 e. The van der Waals surface area contributed by atoms with E-state index in [0.717, 1.165) is 0 Å². The molecular formula is C10H10F3N5O. The van der Waals surface area contributed by atoms with E-state index in [1.807, 2.05) is 0 Å². The van der Waals surface area contributed by atoms with E-state index >= 15 is 0 Å². The molecule has 102 valence electrons. The number of benzene rings is 1. The van der Waals surface area contributed by atoms with Crippen molar-refractivity contribution in [2.24, 2.45) is 7.05 Å². The van der Waals surface area contributed by atoms with E-state index < -0.39 is 6.36 Å². The Kier molecular flexibility index (Phi) is 3.54. The van der Waals surface area contributed by atoms with Crippen molar-refractivity contribution in [2.75, 3.05) is 5.32 Å². The van der Waals surface area contributed by atoms with E-state index in [-0.39, 0.29) is 12.3 Å². The molecular weight excluding hydrogens is 263 g/mol. The maximum absolute atomic E-state index is 12.1. The van der Waals surface area contributed by atoms with Gasteiger partial charge in [-0.1, -0.05) is 17.2 Å². The molecule has 0 saturated carbocycles. The van der Waals surface area contributed by atoms with Gasteiger partial charge in [-0.2, -0.15) is 4.80 Å². The van der Waals surface area contributed by atoms with Gasteiger partial charge in [-0.15, -0.1) is 18.3 Å². The number of ether oxygens (including phenoxy) is 1. The van der Waals surface area contributed by atoms with Gasteiger partial charge in [0.05, 0.1) is 7.05 Å². The van der Waals surface area contributed by atoms with Gasteiger partial charge in [0.25, 0.3) is 5.95 Å². The number of tetrazole rings is 1. The number of alkyl halides is 3. The maximum Gasteiger partial charge on any atom is 0.573 e. The Morgan fingerprint density at radius 1 is 1.37 bits per heavy atom. The molecule has 0 bridgehead atoms. The Morgan fingerprint density at radius 2 is 2.16 bits per heavy atom. The predicted octanol–water partition coefficient (Wildman–Crippen LogP) is 1.72. The summed E-state index contributed by atoms with van der Waals surface area (Å²) in [6.45, 7) is 0.265. The van der Waals surface area contributed by atoms with Gasteiger partial charge in [-0.25, -0.2) is 0 Å². The summed E-state index contributed by atoms with van der Waals surface area (Å²) in [5, 5.41) is 14.0. The first-order chi connectivity index (χ1) is 8.92. The molecule has 0 unspecified atom stereocenters. The van der Waals surface area contributed by atoms with Crippen molar-refractivity contribution in [3.8, 4) is 5.75 Å². The molecule has 1 heterocycles. The molecule has 0 atom stereocenters. The van der Waals surface area contributed by atoms with Crippen LogP contribution in [0.1, 0.15) is 5.56 Å². The van der Waals surface area contributed by atoms with Gasteiger partial charge < -0.3 is 10.1 Å². The predicted molar refractivity (Wildman–Crippen MR) is 59.2 cm³/mol. The second-order valence-electron chi connectivity index (χ2n) is 3.65. The number of aryl methyl sites for hydroxylation is 1. The Balaban J connectivity index is 1.99. The van der Waals surface area contributed by atoms with Crippen LogP contribution in [-0.2, 0) is 13.6 Å². The first-order valence-corrected chi connectivity index (χ1v) is 5.25. The topological polar surface area (TPSA) is 64.9 Å². The lowest BCUT2D eigenvalue weighted by molar-refractivity contribution is -0.274. The molecule has 6 nitrogen and oxygen atoms in total. The number of hydrogen-bond acceptors (Lipinski definition) is 5. The summed E-state index contributed by atoms with van der Waals surface area (Å²) in [5.41, 5.74) is 0.606. The zero-order valence-electron chi connectivity index (χ0n) is 9.85. The molecule has 0 aliphatic carbocycles. The highest BCUT2D eigenvalue weighted by Crippen LogP contribution is 2.23. The zero-order valence-corrected chi connectivity index (χ0v) is 9.85. The third-order valence-corrected chi connectivity index (χ3v) is 2.09. The van der Waals surface area contributed by atoms with Crippen LogP contribution in [0.15, 0.2) is 24.3 Å². The minimum Gasteiger partial charge on any atom is -0.406 e. The lowest BCUT2D eigenvalue weighted by atomic mass is 10.2. The van der Waals surface area contributed by atoms with Gasteiger partial charge in [0.15, 0.2) is 0 Å². The normalized spacial score (nSPS) is 11.4. The lowest BCUT2D eigenvalue weighted by Gasteiger charge is -2.10. The van der Waals surface area contributed by atoms with Crippen molar-refractivity contribution < 1.29 is 17.9 Å². The molecule has 1 aromatic carbocycles. The molecule has 0 aliphatic heterocycles. The molecule has 1 aromatic heterocycles. The summed E-state index contributed by atoms with van der Waals surface area (Å²) < 4.78 is 40.0. The number of aromatic nitrogens is 4. The van der Waals surface area contributed by atoms with Crippen LogP contribution in [0, 0.1) is 0 Å². The lowest BCUT2D eigenvalue weighted by Crippen LogP contribution is -2.17. The molecule has 2 rings (SSSR count). The fraction of sp³-hybridized carbons (Fsp3) is 0.300. The van der Waals surface area contributed by atoms with Crippen molar-refractivity contribution in [1.29, 1.82) is 0 Å². The van der Waals surface area contributed by atoms with Crippen molar-refractivity contribution in [3.63, 3.8) is 0 Å². The van der Waals surface area contributed by atoms with Crippen molar-refractivity contribution in [3.05, 3.63) is 29.8 Å². The van der Waals surface area contributed by atoms with Crippen LogP contribution in [-0.4, -0.2) is 26.6 Å². The number of nitrogens with zero attached hydrogens (tertiary/aromatic N) is 4. The molecule has 19 heavy (non-hydrogen) atoms. The highest BCUT2D eigenvalue weighted by atomic mass is 19.4. The standard InChI is InChI=1S/C10H10F3N5O/c1-18-16-9(15-17-18)14-6-7-3-2-4-8(5-7)19-10(11,12)13/h2-5H,6H2,1H3,(H,14,16). The number of halogens is 3. The third kappa shape index (κ3) is 4.12. The molecule has 0 amide bonds. The fourth-order valence-corrected chi connectivity index (χ4v) is 1.39. The Morgan fingerprint density at radius 3 is 2.79 bits per heavy atom. The summed E-state index contributed by atoms with van der Waals surface area (Å²) in [6, 6.07) is 5.66. The van der Waals surface area contributed by atoms with E-state index in [4.69, 9.17) is 0 Å². The highest BCUT2D eigenvalue weighted by Gasteiger charge is 2.31. The van der Waals surface area contributed by atoms with E-state index in [0.29, 0.717) is 11.5 Å². The fourth-order valence-electron chi connectivity index (χ4n) is 1.39. The van der Waals surface area contributed by atoms with Crippen LogP contribution in [0.25, 0.3) is 0 Å².